The van der Waals surface area contributed by atoms with Gasteiger partial charge in [0.1, 0.15) is 10.8 Å². The third-order valence-corrected chi connectivity index (χ3v) is 5.04. The molecule has 0 saturated carbocycles. The summed E-state index contributed by atoms with van der Waals surface area (Å²) in [7, 11) is -2.51. The molecule has 0 spiro atoms. The highest BCUT2D eigenvalue weighted by Gasteiger charge is 2.18. The van der Waals surface area contributed by atoms with Gasteiger partial charge in [-0.1, -0.05) is 0 Å². The van der Waals surface area contributed by atoms with Crippen LogP contribution >= 0.6 is 11.3 Å². The van der Waals surface area contributed by atoms with Crippen LogP contribution in [-0.4, -0.2) is 38.9 Å². The third-order valence-electron chi connectivity index (χ3n) is 2.86. The van der Waals surface area contributed by atoms with Gasteiger partial charge >= 0.3 is 0 Å². The van der Waals surface area contributed by atoms with Crippen molar-refractivity contribution in [3.8, 4) is 0 Å². The first-order chi connectivity index (χ1) is 11.8. The highest BCUT2D eigenvalue weighted by molar-refractivity contribution is 7.93. The Kier molecular flexibility index (Phi) is 5.88. The van der Waals surface area contributed by atoms with E-state index in [9.17, 15) is 17.6 Å². The van der Waals surface area contributed by atoms with E-state index in [1.54, 1.807) is 0 Å². The van der Waals surface area contributed by atoms with Crippen LogP contribution in [0.15, 0.2) is 39.8 Å². The van der Waals surface area contributed by atoms with Crippen molar-refractivity contribution in [3.05, 3.63) is 35.7 Å². The number of benzene rings is 1. The standard InChI is InChI=1S/C13H15FN6O3S2/c1-16-13(15)18-5-11(21)19-10-3-2-8(4-9(10)14)25(22,23)20-12-6-17-7-24-12/h2-4,6-7,20H,5H2,1H3,(H,19,21)(H3,15,16,18). The Balaban J connectivity index is 2.08. The average molecular weight is 386 g/mol. The molecule has 1 heterocycles. The first kappa shape index (κ1) is 18.6. The molecule has 134 valence electrons. The average Bonchev–Trinajstić information content (AvgIpc) is 3.06. The number of amides is 1. The van der Waals surface area contributed by atoms with Crippen molar-refractivity contribution in [2.75, 3.05) is 23.6 Å². The molecule has 0 atom stereocenters. The van der Waals surface area contributed by atoms with Crippen molar-refractivity contribution < 1.29 is 17.6 Å². The van der Waals surface area contributed by atoms with Crippen LogP contribution in [-0.2, 0) is 14.8 Å². The Morgan fingerprint density at radius 2 is 2.20 bits per heavy atom. The molecule has 0 fully saturated rings. The van der Waals surface area contributed by atoms with Crippen LogP contribution in [0.1, 0.15) is 0 Å². The van der Waals surface area contributed by atoms with Gasteiger partial charge in [0.15, 0.2) is 5.96 Å². The zero-order valence-electron chi connectivity index (χ0n) is 13.0. The quantitative estimate of drug-likeness (QED) is 0.423. The predicted octanol–water partition coefficient (Wildman–Crippen LogP) is 0.556. The Morgan fingerprint density at radius 1 is 1.44 bits per heavy atom. The summed E-state index contributed by atoms with van der Waals surface area (Å²) in [5, 5.41) is 5.12. The lowest BCUT2D eigenvalue weighted by Gasteiger charge is -2.10. The number of hydrogen-bond donors (Lipinski definition) is 4. The number of aliphatic imine (C=N–C) groups is 1. The summed E-state index contributed by atoms with van der Waals surface area (Å²) < 4.78 is 40.7. The van der Waals surface area contributed by atoms with E-state index < -0.39 is 21.7 Å². The Hall–Kier alpha value is -2.73. The highest BCUT2D eigenvalue weighted by Crippen LogP contribution is 2.22. The van der Waals surface area contributed by atoms with Crippen LogP contribution in [0, 0.1) is 5.82 Å². The zero-order chi connectivity index (χ0) is 18.4. The SMILES string of the molecule is CN=C(N)NCC(=O)Nc1ccc(S(=O)(=O)Nc2cncs2)cc1F. The van der Waals surface area contributed by atoms with Gasteiger partial charge in [0.25, 0.3) is 10.0 Å². The molecule has 1 aromatic carbocycles. The number of sulfonamides is 1. The van der Waals surface area contributed by atoms with E-state index >= 15 is 0 Å². The van der Waals surface area contributed by atoms with Crippen molar-refractivity contribution in [2.24, 2.45) is 10.7 Å². The minimum absolute atomic E-state index is 0.0613. The number of aromatic nitrogens is 1. The molecule has 0 saturated heterocycles. The van der Waals surface area contributed by atoms with Gasteiger partial charge < -0.3 is 16.4 Å². The summed E-state index contributed by atoms with van der Waals surface area (Å²) >= 11 is 1.09. The summed E-state index contributed by atoms with van der Waals surface area (Å²) in [6.07, 6.45) is 1.34. The van der Waals surface area contributed by atoms with Gasteiger partial charge in [-0.3, -0.25) is 19.5 Å². The number of rotatable bonds is 6. The van der Waals surface area contributed by atoms with Crippen molar-refractivity contribution in [2.45, 2.75) is 4.90 Å². The number of thiazole rings is 1. The van der Waals surface area contributed by atoms with E-state index in [4.69, 9.17) is 5.73 Å². The number of anilines is 2. The fraction of sp³-hybridized carbons (Fsp3) is 0.154. The maximum atomic E-state index is 14.1. The van der Waals surface area contributed by atoms with Gasteiger partial charge in [0, 0.05) is 7.05 Å². The number of nitrogens with zero attached hydrogens (tertiary/aromatic N) is 2. The highest BCUT2D eigenvalue weighted by atomic mass is 32.2. The number of guanidine groups is 1. The smallest absolute Gasteiger partial charge is 0.262 e. The maximum Gasteiger partial charge on any atom is 0.262 e. The second-order valence-corrected chi connectivity index (χ2v) is 7.19. The summed E-state index contributed by atoms with van der Waals surface area (Å²) in [5.74, 6) is -1.40. The van der Waals surface area contributed by atoms with Gasteiger partial charge in [0.05, 0.1) is 28.8 Å². The van der Waals surface area contributed by atoms with Crippen molar-refractivity contribution >= 4 is 43.9 Å². The Morgan fingerprint density at radius 3 is 2.80 bits per heavy atom. The van der Waals surface area contributed by atoms with E-state index in [1.165, 1.54) is 24.8 Å². The Bertz CT molecular complexity index is 883. The lowest BCUT2D eigenvalue weighted by atomic mass is 10.3. The fourth-order valence-electron chi connectivity index (χ4n) is 1.67. The summed E-state index contributed by atoms with van der Waals surface area (Å²) in [5.41, 5.74) is 6.68. The molecule has 9 nitrogen and oxygen atoms in total. The van der Waals surface area contributed by atoms with Crippen molar-refractivity contribution in [1.29, 1.82) is 0 Å². The normalized spacial score (nSPS) is 11.8. The van der Waals surface area contributed by atoms with Crippen LogP contribution in [0.25, 0.3) is 0 Å². The second kappa shape index (κ2) is 7.90. The summed E-state index contributed by atoms with van der Waals surface area (Å²) in [6.45, 7) is -0.213. The molecule has 1 amide bonds. The molecule has 12 heteroatoms. The van der Waals surface area contributed by atoms with E-state index in [2.05, 4.69) is 25.3 Å². The Labute approximate surface area is 147 Å². The number of nitrogens with one attached hydrogen (secondary N) is 3. The molecule has 25 heavy (non-hydrogen) atoms. The molecule has 2 aromatic rings. The summed E-state index contributed by atoms with van der Waals surface area (Å²) in [6, 6.07) is 3.15. The molecule has 0 bridgehead atoms. The molecule has 0 aliphatic carbocycles. The van der Waals surface area contributed by atoms with Gasteiger partial charge in [-0.2, -0.15) is 0 Å². The maximum absolute atomic E-state index is 14.1. The molecule has 0 aliphatic rings. The predicted molar refractivity (Wildman–Crippen MR) is 93.5 cm³/mol. The molecule has 1 aromatic heterocycles. The first-order valence-electron chi connectivity index (χ1n) is 6.78. The van der Waals surface area contributed by atoms with Crippen LogP contribution in [0.2, 0.25) is 0 Å². The molecular formula is C13H15FN6O3S2. The topological polar surface area (TPSA) is 139 Å². The fourth-order valence-corrected chi connectivity index (χ4v) is 3.49. The van der Waals surface area contributed by atoms with E-state index in [0.717, 1.165) is 23.5 Å². The lowest BCUT2D eigenvalue weighted by Crippen LogP contribution is -2.37. The number of carbonyl (C=O) groups excluding carboxylic acids is 1. The van der Waals surface area contributed by atoms with Crippen LogP contribution in [0.4, 0.5) is 15.1 Å². The monoisotopic (exact) mass is 386 g/mol. The third kappa shape index (κ3) is 5.12. The van der Waals surface area contributed by atoms with Gasteiger partial charge in [-0.05, 0) is 18.2 Å². The van der Waals surface area contributed by atoms with Crippen LogP contribution in [0.3, 0.4) is 0 Å². The number of hydrogen-bond acceptors (Lipinski definition) is 6. The minimum Gasteiger partial charge on any atom is -0.370 e. The van der Waals surface area contributed by atoms with Crippen molar-refractivity contribution in [1.82, 2.24) is 10.3 Å². The van der Waals surface area contributed by atoms with E-state index in [0.29, 0.717) is 5.00 Å². The number of nitrogens with two attached hydrogens (primary N) is 1. The van der Waals surface area contributed by atoms with E-state index in [-0.39, 0.29) is 23.1 Å². The van der Waals surface area contributed by atoms with Crippen LogP contribution < -0.4 is 21.1 Å². The number of halogens is 1. The van der Waals surface area contributed by atoms with E-state index in [1.807, 2.05) is 0 Å². The summed E-state index contributed by atoms with van der Waals surface area (Å²) in [4.78, 5) is 18.8. The van der Waals surface area contributed by atoms with Crippen LogP contribution in [0.5, 0.6) is 0 Å². The van der Waals surface area contributed by atoms with Gasteiger partial charge in [-0.15, -0.1) is 11.3 Å². The molecule has 5 N–H and O–H groups in total. The van der Waals surface area contributed by atoms with Gasteiger partial charge in [0.2, 0.25) is 5.91 Å². The molecular weight excluding hydrogens is 371 g/mol. The largest absolute Gasteiger partial charge is 0.370 e. The second-order valence-electron chi connectivity index (χ2n) is 4.62. The lowest BCUT2D eigenvalue weighted by molar-refractivity contribution is -0.115. The molecule has 0 aliphatic heterocycles. The molecule has 0 unspecified atom stereocenters. The first-order valence-corrected chi connectivity index (χ1v) is 9.15. The molecule has 2 rings (SSSR count). The molecule has 0 radical (unpaired) electrons. The zero-order valence-corrected chi connectivity index (χ0v) is 14.6. The van der Waals surface area contributed by atoms with Crippen molar-refractivity contribution in [3.63, 3.8) is 0 Å². The number of carbonyl (C=O) groups is 1. The minimum atomic E-state index is -3.95. The van der Waals surface area contributed by atoms with Gasteiger partial charge in [-0.25, -0.2) is 12.8 Å².